The number of likely N-dealkylation sites (tertiary alicyclic amines) is 3. The summed E-state index contributed by atoms with van der Waals surface area (Å²) < 4.78 is 1.88. The van der Waals surface area contributed by atoms with Gasteiger partial charge in [-0.15, -0.1) is 0 Å². The van der Waals surface area contributed by atoms with Crippen LogP contribution in [0.1, 0.15) is 36.2 Å². The second kappa shape index (κ2) is 7.17. The number of hydrogen-bond acceptors (Lipinski definition) is 4. The van der Waals surface area contributed by atoms with Crippen LogP contribution in [-0.4, -0.2) is 82.6 Å². The molecule has 2 atom stereocenters. The number of fused-ring (bicyclic) bond motifs is 1. The van der Waals surface area contributed by atoms with E-state index in [0.29, 0.717) is 19.5 Å². The van der Waals surface area contributed by atoms with Crippen LogP contribution in [0.15, 0.2) is 0 Å². The summed E-state index contributed by atoms with van der Waals surface area (Å²) in [5, 5.41) is 4.46. The van der Waals surface area contributed by atoms with Crippen LogP contribution in [0.5, 0.6) is 0 Å². The Kier molecular flexibility index (Phi) is 4.98. The van der Waals surface area contributed by atoms with Gasteiger partial charge in [0.05, 0.1) is 11.1 Å². The maximum atomic E-state index is 13.4. The van der Waals surface area contributed by atoms with E-state index in [0.717, 1.165) is 56.8 Å². The molecule has 1 aromatic heterocycles. The van der Waals surface area contributed by atoms with Crippen LogP contribution in [0.25, 0.3) is 0 Å². The molecule has 3 saturated heterocycles. The first-order valence-corrected chi connectivity index (χ1v) is 10.6. The van der Waals surface area contributed by atoms with E-state index in [4.69, 9.17) is 0 Å². The fourth-order valence-corrected chi connectivity index (χ4v) is 5.61. The SMILES string of the molecule is Cc1nn(C)c(C)c1CCC(=O)N1C[C@@H]2CN(C)C[C@]2(C(=O)N2CCCC2)C1. The Morgan fingerprint density at radius 3 is 2.43 bits per heavy atom. The molecule has 7 heteroatoms. The van der Waals surface area contributed by atoms with E-state index in [2.05, 4.69) is 24.0 Å². The Labute approximate surface area is 167 Å². The van der Waals surface area contributed by atoms with Crippen LogP contribution in [0, 0.1) is 25.2 Å². The van der Waals surface area contributed by atoms with Gasteiger partial charge >= 0.3 is 0 Å². The number of hydrogen-bond donors (Lipinski definition) is 0. The van der Waals surface area contributed by atoms with Gasteiger partial charge in [-0.05, 0) is 45.7 Å². The van der Waals surface area contributed by atoms with Crippen LogP contribution in [0.4, 0.5) is 0 Å². The third-order valence-electron chi connectivity index (χ3n) is 7.20. The number of rotatable bonds is 4. The monoisotopic (exact) mass is 387 g/mol. The predicted octanol–water partition coefficient (Wildman–Crippen LogP) is 0.982. The minimum absolute atomic E-state index is 0.174. The molecule has 28 heavy (non-hydrogen) atoms. The van der Waals surface area contributed by atoms with Gasteiger partial charge in [-0.1, -0.05) is 0 Å². The first-order valence-electron chi connectivity index (χ1n) is 10.6. The smallest absolute Gasteiger partial charge is 0.232 e. The summed E-state index contributed by atoms with van der Waals surface area (Å²) in [4.78, 5) is 32.7. The molecule has 0 unspecified atom stereocenters. The highest BCUT2D eigenvalue weighted by Crippen LogP contribution is 2.44. The van der Waals surface area contributed by atoms with Crippen molar-refractivity contribution < 1.29 is 9.59 Å². The molecule has 0 bridgehead atoms. The average molecular weight is 388 g/mol. The van der Waals surface area contributed by atoms with Gasteiger partial charge in [-0.2, -0.15) is 5.10 Å². The molecule has 7 nitrogen and oxygen atoms in total. The van der Waals surface area contributed by atoms with Crippen molar-refractivity contribution >= 4 is 11.8 Å². The molecule has 4 rings (SSSR count). The number of amides is 2. The van der Waals surface area contributed by atoms with Gasteiger partial charge in [0.1, 0.15) is 0 Å². The van der Waals surface area contributed by atoms with Crippen LogP contribution in [-0.2, 0) is 23.1 Å². The molecule has 0 saturated carbocycles. The quantitative estimate of drug-likeness (QED) is 0.773. The summed E-state index contributed by atoms with van der Waals surface area (Å²) >= 11 is 0. The highest BCUT2D eigenvalue weighted by Gasteiger charge is 2.58. The van der Waals surface area contributed by atoms with E-state index in [-0.39, 0.29) is 17.7 Å². The van der Waals surface area contributed by atoms with Crippen molar-refractivity contribution in [3.63, 3.8) is 0 Å². The van der Waals surface area contributed by atoms with Gasteiger partial charge in [0, 0.05) is 64.3 Å². The van der Waals surface area contributed by atoms with Crippen molar-refractivity contribution in [2.45, 2.75) is 39.5 Å². The number of nitrogens with zero attached hydrogens (tertiary/aromatic N) is 5. The zero-order valence-electron chi connectivity index (χ0n) is 17.7. The molecule has 154 valence electrons. The Hall–Kier alpha value is -1.89. The Balaban J connectivity index is 1.45. The average Bonchev–Trinajstić information content (AvgIpc) is 3.38. The van der Waals surface area contributed by atoms with Crippen molar-refractivity contribution in [3.8, 4) is 0 Å². The summed E-state index contributed by atoms with van der Waals surface area (Å²) in [5.74, 6) is 0.721. The fraction of sp³-hybridized carbons (Fsp3) is 0.762. The van der Waals surface area contributed by atoms with E-state index >= 15 is 0 Å². The first kappa shape index (κ1) is 19.4. The van der Waals surface area contributed by atoms with Gasteiger partial charge < -0.3 is 14.7 Å². The lowest BCUT2D eigenvalue weighted by Gasteiger charge is -2.32. The van der Waals surface area contributed by atoms with Crippen molar-refractivity contribution in [1.29, 1.82) is 0 Å². The molecule has 3 aliphatic rings. The molecule has 0 N–H and O–H groups in total. The molecular formula is C21H33N5O2. The normalized spacial score (nSPS) is 27.6. The second-order valence-corrected chi connectivity index (χ2v) is 9.10. The van der Waals surface area contributed by atoms with Gasteiger partial charge in [0.2, 0.25) is 11.8 Å². The van der Waals surface area contributed by atoms with Crippen molar-refractivity contribution in [2.24, 2.45) is 18.4 Å². The Bertz CT molecular complexity index is 782. The lowest BCUT2D eigenvalue weighted by molar-refractivity contribution is -0.141. The Morgan fingerprint density at radius 1 is 1.07 bits per heavy atom. The van der Waals surface area contributed by atoms with Crippen molar-refractivity contribution in [1.82, 2.24) is 24.5 Å². The lowest BCUT2D eigenvalue weighted by atomic mass is 9.79. The summed E-state index contributed by atoms with van der Waals surface area (Å²) in [6, 6.07) is 0. The Morgan fingerprint density at radius 2 is 1.79 bits per heavy atom. The van der Waals surface area contributed by atoms with Gasteiger partial charge in [0.15, 0.2) is 0 Å². The minimum Gasteiger partial charge on any atom is -0.342 e. The van der Waals surface area contributed by atoms with Crippen molar-refractivity contribution in [2.75, 3.05) is 46.3 Å². The third kappa shape index (κ3) is 3.13. The minimum atomic E-state index is -0.394. The summed E-state index contributed by atoms with van der Waals surface area (Å²) in [6.07, 6.45) is 3.42. The summed E-state index contributed by atoms with van der Waals surface area (Å²) in [7, 11) is 4.04. The van der Waals surface area contributed by atoms with Gasteiger partial charge in [0.25, 0.3) is 0 Å². The zero-order chi connectivity index (χ0) is 20.1. The highest BCUT2D eigenvalue weighted by atomic mass is 16.2. The zero-order valence-corrected chi connectivity index (χ0v) is 17.7. The van der Waals surface area contributed by atoms with Crippen LogP contribution in [0.3, 0.4) is 0 Å². The summed E-state index contributed by atoms with van der Waals surface area (Å²) in [5.41, 5.74) is 2.92. The van der Waals surface area contributed by atoms with E-state index in [1.54, 1.807) is 0 Å². The van der Waals surface area contributed by atoms with Gasteiger partial charge in [-0.25, -0.2) is 0 Å². The molecular weight excluding hydrogens is 354 g/mol. The summed E-state index contributed by atoms with van der Waals surface area (Å²) in [6.45, 7) is 8.80. The first-order chi connectivity index (χ1) is 13.3. The maximum Gasteiger partial charge on any atom is 0.232 e. The number of aromatic nitrogens is 2. The molecule has 0 spiro atoms. The van der Waals surface area contributed by atoms with Crippen LogP contribution >= 0.6 is 0 Å². The number of aryl methyl sites for hydroxylation is 2. The number of carbonyl (C=O) groups is 2. The fourth-order valence-electron chi connectivity index (χ4n) is 5.61. The number of carbonyl (C=O) groups excluding carboxylic acids is 2. The second-order valence-electron chi connectivity index (χ2n) is 9.10. The lowest BCUT2D eigenvalue weighted by Crippen LogP contribution is -2.49. The van der Waals surface area contributed by atoms with E-state index < -0.39 is 5.41 Å². The van der Waals surface area contributed by atoms with Crippen LogP contribution in [0.2, 0.25) is 0 Å². The highest BCUT2D eigenvalue weighted by molar-refractivity contribution is 5.87. The molecule has 0 aromatic carbocycles. The molecule has 2 amide bonds. The maximum absolute atomic E-state index is 13.4. The van der Waals surface area contributed by atoms with Crippen LogP contribution < -0.4 is 0 Å². The molecule has 4 heterocycles. The van der Waals surface area contributed by atoms with E-state index in [1.807, 2.05) is 28.5 Å². The molecule has 1 aromatic rings. The van der Waals surface area contributed by atoms with Crippen molar-refractivity contribution in [3.05, 3.63) is 17.0 Å². The molecule has 0 aliphatic carbocycles. The van der Waals surface area contributed by atoms with E-state index in [9.17, 15) is 9.59 Å². The third-order valence-corrected chi connectivity index (χ3v) is 7.20. The van der Waals surface area contributed by atoms with E-state index in [1.165, 1.54) is 5.56 Å². The predicted molar refractivity (Wildman–Crippen MR) is 107 cm³/mol. The molecule has 3 fully saturated rings. The topological polar surface area (TPSA) is 61.7 Å². The molecule has 3 aliphatic heterocycles. The molecule has 0 radical (unpaired) electrons. The van der Waals surface area contributed by atoms with Gasteiger partial charge in [-0.3, -0.25) is 14.3 Å². The largest absolute Gasteiger partial charge is 0.342 e. The standard InChI is InChI=1S/C21H33N5O2/c1-15-18(16(2)24(4)22-15)7-8-19(27)26-12-17-11-23(3)13-21(17,14-26)20(28)25-9-5-6-10-25/h17H,5-14H2,1-4H3/t17-,21-/m0/s1.